The van der Waals surface area contributed by atoms with Crippen molar-refractivity contribution in [3.05, 3.63) is 39.5 Å². The molecule has 6 heteroatoms. The van der Waals surface area contributed by atoms with E-state index in [1.54, 1.807) is 37.5 Å². The van der Waals surface area contributed by atoms with Gasteiger partial charge in [0.1, 0.15) is 5.82 Å². The smallest absolute Gasteiger partial charge is 0.258 e. The van der Waals surface area contributed by atoms with Crippen molar-refractivity contribution in [3.8, 4) is 11.5 Å². The molecule has 1 aromatic carbocycles. The molecule has 0 fully saturated rings. The van der Waals surface area contributed by atoms with E-state index in [4.69, 9.17) is 9.47 Å². The normalized spacial score (nSPS) is 18.1. The average molecular weight is 355 g/mol. The van der Waals surface area contributed by atoms with Gasteiger partial charge in [0.15, 0.2) is 11.5 Å². The van der Waals surface area contributed by atoms with Crippen LogP contribution in [0, 0.1) is 0 Å². The molecule has 0 saturated carbocycles. The predicted molar refractivity (Wildman–Crippen MR) is 101 cm³/mol. The Hall–Kier alpha value is -2.34. The van der Waals surface area contributed by atoms with E-state index >= 15 is 0 Å². The van der Waals surface area contributed by atoms with E-state index in [1.165, 1.54) is 25.7 Å². The number of hydrogen-bond acceptors (Lipinski definition) is 5. The van der Waals surface area contributed by atoms with Gasteiger partial charge >= 0.3 is 0 Å². The first-order valence-electron chi connectivity index (χ1n) is 9.25. The Morgan fingerprint density at radius 1 is 1.08 bits per heavy atom. The number of hydrogen-bond donors (Lipinski definition) is 1. The highest BCUT2D eigenvalue weighted by Crippen LogP contribution is 2.32. The van der Waals surface area contributed by atoms with Gasteiger partial charge in [-0.05, 0) is 38.2 Å². The summed E-state index contributed by atoms with van der Waals surface area (Å²) in [5.74, 6) is 1.82. The number of aromatic amines is 1. The quantitative estimate of drug-likeness (QED) is 0.854. The summed E-state index contributed by atoms with van der Waals surface area (Å²) in [5, 5.41) is 0.516. The van der Waals surface area contributed by atoms with Gasteiger partial charge < -0.3 is 14.5 Å². The molecular formula is C20H25N3O3. The molecule has 0 unspecified atom stereocenters. The highest BCUT2D eigenvalue weighted by atomic mass is 16.5. The molecule has 0 saturated heterocycles. The third-order valence-electron chi connectivity index (χ3n) is 5.48. The number of methoxy groups -OCH3 is 2. The minimum atomic E-state index is -0.138. The number of rotatable bonds is 4. The van der Waals surface area contributed by atoms with Crippen LogP contribution in [0.25, 0.3) is 10.9 Å². The van der Waals surface area contributed by atoms with Crippen LogP contribution in [-0.2, 0) is 6.54 Å². The van der Waals surface area contributed by atoms with Crippen molar-refractivity contribution in [1.82, 2.24) is 14.9 Å². The first-order valence-corrected chi connectivity index (χ1v) is 9.25. The van der Waals surface area contributed by atoms with Gasteiger partial charge in [-0.15, -0.1) is 0 Å². The highest BCUT2D eigenvalue weighted by molar-refractivity contribution is 5.81. The molecule has 0 bridgehead atoms. The highest BCUT2D eigenvalue weighted by Gasteiger charge is 2.22. The summed E-state index contributed by atoms with van der Waals surface area (Å²) < 4.78 is 10.6. The fraction of sp³-hybridized carbons (Fsp3) is 0.500. The Kier molecular flexibility index (Phi) is 4.68. The van der Waals surface area contributed by atoms with Crippen LogP contribution in [0.1, 0.15) is 37.9 Å². The van der Waals surface area contributed by atoms with E-state index in [2.05, 4.69) is 14.9 Å². The molecule has 1 aliphatic heterocycles. The molecule has 0 atom stereocenters. The second-order valence-corrected chi connectivity index (χ2v) is 7.11. The van der Waals surface area contributed by atoms with Crippen molar-refractivity contribution < 1.29 is 9.47 Å². The van der Waals surface area contributed by atoms with Crippen molar-refractivity contribution in [2.45, 2.75) is 38.6 Å². The van der Waals surface area contributed by atoms with Crippen LogP contribution in [0.5, 0.6) is 11.5 Å². The largest absolute Gasteiger partial charge is 0.493 e. The third kappa shape index (κ3) is 3.21. The van der Waals surface area contributed by atoms with E-state index in [0.29, 0.717) is 34.8 Å². The van der Waals surface area contributed by atoms with Crippen LogP contribution in [0.2, 0.25) is 0 Å². The van der Waals surface area contributed by atoms with Crippen molar-refractivity contribution in [1.29, 1.82) is 0 Å². The zero-order chi connectivity index (χ0) is 18.1. The number of benzene rings is 1. The molecule has 4 rings (SSSR count). The molecule has 0 spiro atoms. The molecule has 138 valence electrons. The van der Waals surface area contributed by atoms with Crippen LogP contribution in [0.15, 0.2) is 28.1 Å². The summed E-state index contributed by atoms with van der Waals surface area (Å²) in [6, 6.07) is 3.45. The SMILES string of the molecule is COc1cc2nc(CN3CCC4=C(CCCC4)C3)[nH]c(=O)c2cc1OC. The van der Waals surface area contributed by atoms with Crippen LogP contribution in [0.3, 0.4) is 0 Å². The Balaban J connectivity index is 1.61. The second kappa shape index (κ2) is 7.11. The summed E-state index contributed by atoms with van der Waals surface area (Å²) >= 11 is 0. The molecule has 1 N–H and O–H groups in total. The van der Waals surface area contributed by atoms with Crippen molar-refractivity contribution in [3.63, 3.8) is 0 Å². The Labute approximate surface area is 152 Å². The lowest BCUT2D eigenvalue weighted by molar-refractivity contribution is 0.260. The molecule has 6 nitrogen and oxygen atoms in total. The molecule has 0 radical (unpaired) electrons. The zero-order valence-corrected chi connectivity index (χ0v) is 15.4. The number of nitrogens with one attached hydrogen (secondary N) is 1. The van der Waals surface area contributed by atoms with E-state index in [1.807, 2.05) is 0 Å². The number of H-pyrrole nitrogens is 1. The maximum atomic E-state index is 12.5. The van der Waals surface area contributed by atoms with Crippen molar-refractivity contribution >= 4 is 10.9 Å². The van der Waals surface area contributed by atoms with Gasteiger partial charge in [-0.25, -0.2) is 4.98 Å². The summed E-state index contributed by atoms with van der Waals surface area (Å²) in [7, 11) is 3.14. The van der Waals surface area contributed by atoms with Gasteiger partial charge in [0.25, 0.3) is 5.56 Å². The first-order chi connectivity index (χ1) is 12.7. The third-order valence-corrected chi connectivity index (χ3v) is 5.48. The molecule has 26 heavy (non-hydrogen) atoms. The van der Waals surface area contributed by atoms with Gasteiger partial charge in [-0.3, -0.25) is 9.69 Å². The topological polar surface area (TPSA) is 67.5 Å². The molecule has 1 aliphatic carbocycles. The van der Waals surface area contributed by atoms with E-state index in [0.717, 1.165) is 19.5 Å². The molecule has 2 aromatic rings. The fourth-order valence-electron chi connectivity index (χ4n) is 4.10. The van der Waals surface area contributed by atoms with E-state index < -0.39 is 0 Å². The maximum absolute atomic E-state index is 12.5. The predicted octanol–water partition coefficient (Wildman–Crippen LogP) is 3.02. The fourth-order valence-corrected chi connectivity index (χ4v) is 4.10. The summed E-state index contributed by atoms with van der Waals surface area (Å²) in [5.41, 5.74) is 3.78. The van der Waals surface area contributed by atoms with Gasteiger partial charge in [0.05, 0.1) is 31.7 Å². The van der Waals surface area contributed by atoms with Crippen LogP contribution < -0.4 is 15.0 Å². The van der Waals surface area contributed by atoms with Crippen LogP contribution >= 0.6 is 0 Å². The van der Waals surface area contributed by atoms with Crippen LogP contribution in [-0.4, -0.2) is 42.2 Å². The standard InChI is InChI=1S/C20H25N3O3/c1-25-17-9-15-16(10-18(17)26-2)21-19(22-20(15)24)12-23-8-7-13-5-3-4-6-14(13)11-23/h9-10H,3-8,11-12H2,1-2H3,(H,21,22,24). The molecule has 2 heterocycles. The van der Waals surface area contributed by atoms with Crippen molar-refractivity contribution in [2.24, 2.45) is 0 Å². The van der Waals surface area contributed by atoms with Crippen LogP contribution in [0.4, 0.5) is 0 Å². The minimum Gasteiger partial charge on any atom is -0.493 e. The lowest BCUT2D eigenvalue weighted by Gasteiger charge is -2.33. The van der Waals surface area contributed by atoms with Gasteiger partial charge in [-0.1, -0.05) is 11.1 Å². The Bertz CT molecular complexity index is 916. The molecule has 2 aliphatic rings. The molecular weight excluding hydrogens is 330 g/mol. The summed E-state index contributed by atoms with van der Waals surface area (Å²) in [6.07, 6.45) is 6.29. The summed E-state index contributed by atoms with van der Waals surface area (Å²) in [4.78, 5) is 22.5. The maximum Gasteiger partial charge on any atom is 0.258 e. The zero-order valence-electron chi connectivity index (χ0n) is 15.4. The number of fused-ring (bicyclic) bond motifs is 1. The average Bonchev–Trinajstić information content (AvgIpc) is 2.67. The minimum absolute atomic E-state index is 0.138. The lowest BCUT2D eigenvalue weighted by Crippen LogP contribution is -2.33. The second-order valence-electron chi connectivity index (χ2n) is 7.11. The van der Waals surface area contributed by atoms with Gasteiger partial charge in [-0.2, -0.15) is 0 Å². The molecule has 1 aromatic heterocycles. The lowest BCUT2D eigenvalue weighted by atomic mass is 9.87. The van der Waals surface area contributed by atoms with Gasteiger partial charge in [0, 0.05) is 19.2 Å². The first kappa shape index (κ1) is 17.1. The van der Waals surface area contributed by atoms with E-state index in [9.17, 15) is 4.79 Å². The van der Waals surface area contributed by atoms with Gasteiger partial charge in [0.2, 0.25) is 0 Å². The monoisotopic (exact) mass is 355 g/mol. The number of ether oxygens (including phenoxy) is 2. The Morgan fingerprint density at radius 2 is 1.81 bits per heavy atom. The van der Waals surface area contributed by atoms with Crippen molar-refractivity contribution in [2.75, 3.05) is 27.3 Å². The summed E-state index contributed by atoms with van der Waals surface area (Å²) in [6.45, 7) is 2.70. The number of nitrogens with zero attached hydrogens (tertiary/aromatic N) is 2. The molecule has 0 amide bonds. The number of aromatic nitrogens is 2. The van der Waals surface area contributed by atoms with E-state index in [-0.39, 0.29) is 5.56 Å². The Morgan fingerprint density at radius 3 is 2.58 bits per heavy atom.